The van der Waals surface area contributed by atoms with E-state index in [0.717, 1.165) is 12.3 Å². The summed E-state index contributed by atoms with van der Waals surface area (Å²) in [4.78, 5) is 0. The van der Waals surface area contributed by atoms with Crippen LogP contribution in [0.2, 0.25) is 0 Å². The predicted molar refractivity (Wildman–Crippen MR) is 69.1 cm³/mol. The molecule has 2 aliphatic carbocycles. The maximum Gasteiger partial charge on any atom is 0.115 e. The smallest absolute Gasteiger partial charge is 0.115 e. The number of benzene rings is 1. The molecule has 1 aromatic carbocycles. The van der Waals surface area contributed by atoms with Crippen LogP contribution in [0.25, 0.3) is 0 Å². The molecule has 1 aromatic rings. The summed E-state index contributed by atoms with van der Waals surface area (Å²) in [6, 6.07) is 6.34. The van der Waals surface area contributed by atoms with Crippen LogP contribution in [0.3, 0.4) is 0 Å². The molecule has 0 spiro atoms. The van der Waals surface area contributed by atoms with E-state index >= 15 is 0 Å². The number of aromatic hydroxyl groups is 1. The van der Waals surface area contributed by atoms with Gasteiger partial charge in [0.05, 0.1) is 0 Å². The second-order valence-electron chi connectivity index (χ2n) is 5.53. The highest BCUT2D eigenvalue weighted by Gasteiger charge is 2.23. The van der Waals surface area contributed by atoms with Crippen molar-refractivity contribution in [3.05, 3.63) is 29.3 Å². The lowest BCUT2D eigenvalue weighted by Crippen LogP contribution is -2.24. The minimum Gasteiger partial charge on any atom is -0.508 e. The Kier molecular flexibility index (Phi) is 3.06. The highest BCUT2D eigenvalue weighted by molar-refractivity contribution is 5.39. The van der Waals surface area contributed by atoms with Crippen molar-refractivity contribution < 1.29 is 5.11 Å². The molecule has 0 saturated heterocycles. The van der Waals surface area contributed by atoms with E-state index < -0.39 is 0 Å². The average molecular weight is 231 g/mol. The first-order valence-electron chi connectivity index (χ1n) is 6.88. The zero-order chi connectivity index (χ0) is 11.7. The highest BCUT2D eigenvalue weighted by atomic mass is 16.3. The number of phenols is 1. The van der Waals surface area contributed by atoms with Crippen LogP contribution < -0.4 is 5.32 Å². The number of phenolic OH excluding ortho intramolecular Hbond substituents is 1. The molecule has 92 valence electrons. The van der Waals surface area contributed by atoms with E-state index in [1.165, 1.54) is 49.8 Å². The summed E-state index contributed by atoms with van der Waals surface area (Å²) < 4.78 is 0. The largest absolute Gasteiger partial charge is 0.508 e. The van der Waals surface area contributed by atoms with Gasteiger partial charge in [0, 0.05) is 6.04 Å². The molecule has 0 aromatic heterocycles. The molecule has 17 heavy (non-hydrogen) atoms. The Morgan fingerprint density at radius 1 is 1.18 bits per heavy atom. The molecule has 1 saturated carbocycles. The Morgan fingerprint density at radius 2 is 2.00 bits per heavy atom. The van der Waals surface area contributed by atoms with Crippen LogP contribution in [0.4, 0.5) is 0 Å². The van der Waals surface area contributed by atoms with E-state index in [0.29, 0.717) is 11.8 Å². The van der Waals surface area contributed by atoms with Crippen LogP contribution in [-0.2, 0) is 6.42 Å². The molecule has 2 nitrogen and oxygen atoms in total. The lowest BCUT2D eigenvalue weighted by molar-refractivity contribution is 0.436. The van der Waals surface area contributed by atoms with Crippen molar-refractivity contribution in [2.45, 2.75) is 44.6 Å². The molecule has 0 bridgehead atoms. The predicted octanol–water partition coefficient (Wildman–Crippen LogP) is 3.16. The third-order valence-corrected chi connectivity index (χ3v) is 4.33. The highest BCUT2D eigenvalue weighted by Crippen LogP contribution is 2.34. The zero-order valence-electron chi connectivity index (χ0n) is 10.3. The molecule has 2 heteroatoms. The van der Waals surface area contributed by atoms with Crippen molar-refractivity contribution in [1.82, 2.24) is 5.32 Å². The van der Waals surface area contributed by atoms with Gasteiger partial charge in [0.25, 0.3) is 0 Å². The molecule has 1 unspecified atom stereocenters. The van der Waals surface area contributed by atoms with Gasteiger partial charge in [-0.2, -0.15) is 0 Å². The normalized spacial score (nSPS) is 24.1. The molecule has 2 N–H and O–H groups in total. The number of fused-ring (bicyclic) bond motifs is 1. The fourth-order valence-electron chi connectivity index (χ4n) is 3.34. The summed E-state index contributed by atoms with van der Waals surface area (Å²) >= 11 is 0. The molecule has 0 radical (unpaired) electrons. The summed E-state index contributed by atoms with van der Waals surface area (Å²) in [6.07, 6.45) is 7.94. The summed E-state index contributed by atoms with van der Waals surface area (Å²) in [5, 5.41) is 13.2. The SMILES string of the molecule is Oc1ccc2c(c1)CCC2NCC1CCCC1. The Morgan fingerprint density at radius 3 is 2.82 bits per heavy atom. The Hall–Kier alpha value is -1.02. The van der Waals surface area contributed by atoms with Gasteiger partial charge in [-0.05, 0) is 61.4 Å². The molecule has 1 atom stereocenters. The lowest BCUT2D eigenvalue weighted by atomic mass is 10.1. The molecule has 1 fully saturated rings. The van der Waals surface area contributed by atoms with Crippen LogP contribution in [0, 0.1) is 5.92 Å². The fraction of sp³-hybridized carbons (Fsp3) is 0.600. The topological polar surface area (TPSA) is 32.3 Å². The van der Waals surface area contributed by atoms with E-state index in [1.807, 2.05) is 12.1 Å². The summed E-state index contributed by atoms with van der Waals surface area (Å²) in [7, 11) is 0. The number of hydrogen-bond acceptors (Lipinski definition) is 2. The van der Waals surface area contributed by atoms with Gasteiger partial charge >= 0.3 is 0 Å². The van der Waals surface area contributed by atoms with Crippen LogP contribution in [0.15, 0.2) is 18.2 Å². The van der Waals surface area contributed by atoms with Crippen LogP contribution in [-0.4, -0.2) is 11.7 Å². The van der Waals surface area contributed by atoms with Crippen molar-refractivity contribution in [1.29, 1.82) is 0 Å². The van der Waals surface area contributed by atoms with Crippen LogP contribution >= 0.6 is 0 Å². The Balaban J connectivity index is 1.63. The Labute approximate surface area is 103 Å². The average Bonchev–Trinajstić information content (AvgIpc) is 2.94. The first-order chi connectivity index (χ1) is 8.33. The molecule has 2 aliphatic rings. The third-order valence-electron chi connectivity index (χ3n) is 4.33. The van der Waals surface area contributed by atoms with E-state index in [1.54, 1.807) is 0 Å². The minimum absolute atomic E-state index is 0.403. The van der Waals surface area contributed by atoms with Gasteiger partial charge in [-0.1, -0.05) is 18.9 Å². The minimum atomic E-state index is 0.403. The van der Waals surface area contributed by atoms with Crippen molar-refractivity contribution in [3.8, 4) is 5.75 Å². The fourth-order valence-corrected chi connectivity index (χ4v) is 3.34. The number of nitrogens with one attached hydrogen (secondary N) is 1. The number of hydrogen-bond donors (Lipinski definition) is 2. The quantitative estimate of drug-likeness (QED) is 0.837. The van der Waals surface area contributed by atoms with Gasteiger partial charge in [0.2, 0.25) is 0 Å². The summed E-state index contributed by atoms with van der Waals surface area (Å²) in [5.74, 6) is 1.30. The van der Waals surface area contributed by atoms with Crippen molar-refractivity contribution in [2.75, 3.05) is 6.54 Å². The van der Waals surface area contributed by atoms with Gasteiger partial charge in [-0.15, -0.1) is 0 Å². The van der Waals surface area contributed by atoms with Gasteiger partial charge in [-0.3, -0.25) is 0 Å². The van der Waals surface area contributed by atoms with Gasteiger partial charge in [0.1, 0.15) is 5.75 Å². The summed E-state index contributed by atoms with van der Waals surface area (Å²) in [6.45, 7) is 1.17. The second-order valence-corrected chi connectivity index (χ2v) is 5.53. The number of aryl methyl sites for hydroxylation is 1. The van der Waals surface area contributed by atoms with Crippen LogP contribution in [0.5, 0.6) is 5.75 Å². The third kappa shape index (κ3) is 2.32. The molecule has 0 amide bonds. The van der Waals surface area contributed by atoms with E-state index in [4.69, 9.17) is 0 Å². The second kappa shape index (κ2) is 4.69. The first kappa shape index (κ1) is 11.1. The summed E-state index contributed by atoms with van der Waals surface area (Å²) in [5.41, 5.74) is 2.73. The van der Waals surface area contributed by atoms with E-state index in [9.17, 15) is 5.11 Å². The van der Waals surface area contributed by atoms with Gasteiger partial charge < -0.3 is 10.4 Å². The Bertz CT molecular complexity index is 396. The molecule has 0 aliphatic heterocycles. The van der Waals surface area contributed by atoms with E-state index in [-0.39, 0.29) is 0 Å². The standard InChI is InChI=1S/C15H21NO/c17-13-6-7-14-12(9-13)5-8-15(14)16-10-11-3-1-2-4-11/h6-7,9,11,15-17H,1-5,8,10H2. The molecule has 3 rings (SSSR count). The monoisotopic (exact) mass is 231 g/mol. The van der Waals surface area contributed by atoms with Crippen LogP contribution in [0.1, 0.15) is 49.3 Å². The first-order valence-corrected chi connectivity index (χ1v) is 6.88. The van der Waals surface area contributed by atoms with Gasteiger partial charge in [0.15, 0.2) is 0 Å². The zero-order valence-corrected chi connectivity index (χ0v) is 10.3. The number of rotatable bonds is 3. The molecular weight excluding hydrogens is 210 g/mol. The van der Waals surface area contributed by atoms with Crippen molar-refractivity contribution >= 4 is 0 Å². The lowest BCUT2D eigenvalue weighted by Gasteiger charge is -2.17. The maximum atomic E-state index is 9.46. The van der Waals surface area contributed by atoms with Crippen molar-refractivity contribution in [2.24, 2.45) is 5.92 Å². The molecule has 0 heterocycles. The molecular formula is C15H21NO. The van der Waals surface area contributed by atoms with Gasteiger partial charge in [-0.25, -0.2) is 0 Å². The van der Waals surface area contributed by atoms with Crippen molar-refractivity contribution in [3.63, 3.8) is 0 Å². The maximum absolute atomic E-state index is 9.46. The van der Waals surface area contributed by atoms with E-state index in [2.05, 4.69) is 11.4 Å².